The SMILES string of the molecule is [2H]C(F)(F)c1cc2cnc(NC3C([2H])([2H])CN(S(=O)(=O)C([2H])([2H])[2H])CC3([2H])[2H])nc2n(C2CCCC2(O)C([2H])([2H])[2H])c1=O. The summed E-state index contributed by atoms with van der Waals surface area (Å²) in [5.41, 5.74) is -5.89. The molecule has 2 atom stereocenters. The van der Waals surface area contributed by atoms with Gasteiger partial charge >= 0.3 is 0 Å². The topological polar surface area (TPSA) is 117 Å². The van der Waals surface area contributed by atoms with Crippen LogP contribution in [-0.4, -0.2) is 63.3 Å². The maximum Gasteiger partial charge on any atom is 0.269 e. The summed E-state index contributed by atoms with van der Waals surface area (Å²) in [6.45, 7) is -5.21. The third-order valence-corrected chi connectivity index (χ3v) is 6.37. The quantitative estimate of drug-likeness (QED) is 0.670. The maximum absolute atomic E-state index is 14.1. The normalized spacial score (nSPS) is 35.0. The van der Waals surface area contributed by atoms with E-state index in [4.69, 9.17) is 15.1 Å². The highest BCUT2D eigenvalue weighted by Crippen LogP contribution is 2.39. The molecule has 4 rings (SSSR count). The molecule has 2 fully saturated rings. The summed E-state index contributed by atoms with van der Waals surface area (Å²) in [7, 11) is -5.12. The van der Waals surface area contributed by atoms with Gasteiger partial charge in [0.15, 0.2) is 0 Å². The zero-order chi connectivity index (χ0) is 32.8. The van der Waals surface area contributed by atoms with Crippen LogP contribution in [0.25, 0.3) is 11.0 Å². The molecule has 0 bridgehead atoms. The second-order valence-electron chi connectivity index (χ2n) is 7.56. The van der Waals surface area contributed by atoms with Crippen LogP contribution in [0.1, 0.15) is 71.9 Å². The number of fused-ring (bicyclic) bond motifs is 1. The van der Waals surface area contributed by atoms with Crippen molar-refractivity contribution in [2.45, 2.75) is 62.9 Å². The molecule has 0 amide bonds. The lowest BCUT2D eigenvalue weighted by molar-refractivity contribution is 0.0261. The first-order chi connectivity index (χ1) is 19.2. The standard InChI is InChI=1S/C20H27F2N5O4S/c1-20(29)7-3-4-15(20)27-17-12(10-14(16(21)22)18(27)28)11-23-19(25-17)24-13-5-8-26(9-6-13)32(2,30)31/h10-11,13,15-16,29H,3-9H2,1-2H3,(H,23,24,25)/i1D3,2D3,5D2,6D2,16D. The predicted molar refractivity (Wildman–Crippen MR) is 115 cm³/mol. The Morgan fingerprint density at radius 3 is 2.84 bits per heavy atom. The van der Waals surface area contributed by atoms with Gasteiger partial charge < -0.3 is 10.4 Å². The molecule has 176 valence electrons. The van der Waals surface area contributed by atoms with Crippen molar-refractivity contribution in [3.63, 3.8) is 0 Å². The fourth-order valence-corrected chi connectivity index (χ4v) is 4.33. The lowest BCUT2D eigenvalue weighted by Gasteiger charge is -2.31. The molecule has 1 aliphatic heterocycles. The number of nitrogens with one attached hydrogen (secondary N) is 1. The van der Waals surface area contributed by atoms with Crippen molar-refractivity contribution in [2.24, 2.45) is 0 Å². The number of pyridine rings is 1. The largest absolute Gasteiger partial charge is 0.388 e. The molecule has 1 saturated heterocycles. The highest BCUT2D eigenvalue weighted by Gasteiger charge is 2.40. The summed E-state index contributed by atoms with van der Waals surface area (Å²) < 4.78 is 140. The third kappa shape index (κ3) is 4.35. The minimum absolute atomic E-state index is 0.0866. The van der Waals surface area contributed by atoms with Crippen molar-refractivity contribution >= 4 is 27.0 Å². The van der Waals surface area contributed by atoms with Gasteiger partial charge in [-0.05, 0) is 44.9 Å². The average molecular weight is 483 g/mol. The highest BCUT2D eigenvalue weighted by atomic mass is 32.2. The van der Waals surface area contributed by atoms with Gasteiger partial charge in [-0.2, -0.15) is 4.98 Å². The first kappa shape index (κ1) is 12.9. The lowest BCUT2D eigenvalue weighted by Crippen LogP contribution is -2.42. The van der Waals surface area contributed by atoms with Gasteiger partial charge in [0.05, 0.1) is 23.4 Å². The van der Waals surface area contributed by atoms with Crippen LogP contribution in [0.4, 0.5) is 14.7 Å². The van der Waals surface area contributed by atoms with E-state index in [0.717, 1.165) is 6.20 Å². The summed E-state index contributed by atoms with van der Waals surface area (Å²) in [6, 6.07) is -2.90. The number of rotatable bonds is 5. The molecule has 2 aliphatic rings. The van der Waals surface area contributed by atoms with Gasteiger partial charge in [-0.3, -0.25) is 9.36 Å². The fraction of sp³-hybridized carbons (Fsp3) is 0.650. The number of aliphatic hydroxyl groups is 1. The van der Waals surface area contributed by atoms with Crippen LogP contribution in [0.15, 0.2) is 17.1 Å². The second kappa shape index (κ2) is 8.31. The number of aromatic nitrogens is 3. The number of hydrogen-bond donors (Lipinski definition) is 2. The Morgan fingerprint density at radius 1 is 1.44 bits per heavy atom. The van der Waals surface area contributed by atoms with E-state index in [1.54, 1.807) is 0 Å². The van der Waals surface area contributed by atoms with E-state index < -0.39 is 95.7 Å². The number of halogens is 2. The van der Waals surface area contributed by atoms with E-state index in [2.05, 4.69) is 15.3 Å². The van der Waals surface area contributed by atoms with Gasteiger partial charge in [0.2, 0.25) is 16.0 Å². The number of piperidine rings is 1. The monoisotopic (exact) mass is 482 g/mol. The number of alkyl halides is 2. The number of sulfonamides is 1. The highest BCUT2D eigenvalue weighted by molar-refractivity contribution is 7.88. The smallest absolute Gasteiger partial charge is 0.269 e. The van der Waals surface area contributed by atoms with Crippen LogP contribution < -0.4 is 10.9 Å². The van der Waals surface area contributed by atoms with Crippen molar-refractivity contribution < 1.29 is 37.4 Å². The summed E-state index contributed by atoms with van der Waals surface area (Å²) in [6.07, 6.45) is -13.1. The number of nitrogens with zero attached hydrogens (tertiary/aromatic N) is 4. The van der Waals surface area contributed by atoms with E-state index in [9.17, 15) is 27.1 Å². The van der Waals surface area contributed by atoms with E-state index in [-0.39, 0.29) is 29.0 Å². The van der Waals surface area contributed by atoms with Gasteiger partial charge in [-0.15, -0.1) is 0 Å². The molecule has 0 aromatic carbocycles. The molecular formula is C20H27F2N5O4S. The van der Waals surface area contributed by atoms with Crippen LogP contribution in [0.3, 0.4) is 0 Å². The van der Waals surface area contributed by atoms with Gasteiger partial charge in [0, 0.05) is 44.4 Å². The second-order valence-corrected chi connectivity index (χ2v) is 9.02. The number of hydrogen-bond acceptors (Lipinski definition) is 7. The molecule has 32 heavy (non-hydrogen) atoms. The van der Waals surface area contributed by atoms with E-state index >= 15 is 0 Å². The molecule has 1 aliphatic carbocycles. The third-order valence-electron chi connectivity index (χ3n) is 5.43. The Hall–Kier alpha value is -2.18. The van der Waals surface area contributed by atoms with Gasteiger partial charge in [0.25, 0.3) is 12.0 Å². The Kier molecular flexibility index (Phi) is 3.35. The Bertz CT molecular complexity index is 1580. The lowest BCUT2D eigenvalue weighted by atomic mass is 9.99. The van der Waals surface area contributed by atoms with E-state index in [0.29, 0.717) is 10.6 Å². The van der Waals surface area contributed by atoms with Crippen LogP contribution in [-0.2, 0) is 10.0 Å². The molecule has 2 aromatic rings. The minimum atomic E-state index is -5.12. The molecule has 9 nitrogen and oxygen atoms in total. The zero-order valence-electron chi connectivity index (χ0n) is 27.5. The molecule has 2 N–H and O–H groups in total. The molecule has 1 saturated carbocycles. The summed E-state index contributed by atoms with van der Waals surface area (Å²) in [4.78, 5) is 21.2. The number of anilines is 1. The Balaban J connectivity index is 1.84. The van der Waals surface area contributed by atoms with Crippen molar-refractivity contribution in [1.82, 2.24) is 18.8 Å². The Labute approximate surface area is 200 Å². The molecule has 2 unspecified atom stereocenters. The zero-order valence-corrected chi connectivity index (χ0v) is 17.3. The summed E-state index contributed by atoms with van der Waals surface area (Å²) in [5.74, 6) is -0.577. The first-order valence-corrected chi connectivity index (χ1v) is 11.0. The van der Waals surface area contributed by atoms with Crippen LogP contribution in [0.2, 0.25) is 0 Å². The minimum Gasteiger partial charge on any atom is -0.388 e. The van der Waals surface area contributed by atoms with Gasteiger partial charge in [0.1, 0.15) is 7.02 Å². The van der Waals surface area contributed by atoms with Crippen molar-refractivity contribution in [1.29, 1.82) is 0 Å². The van der Waals surface area contributed by atoms with Crippen molar-refractivity contribution in [3.05, 3.63) is 28.2 Å². The molecule has 0 spiro atoms. The Morgan fingerprint density at radius 2 is 2.19 bits per heavy atom. The fourth-order valence-electron chi connectivity index (χ4n) is 3.84. The van der Waals surface area contributed by atoms with Crippen molar-refractivity contribution in [2.75, 3.05) is 24.6 Å². The first-order valence-electron chi connectivity index (χ1n) is 15.0. The summed E-state index contributed by atoms with van der Waals surface area (Å²) in [5, 5.41) is 13.2. The van der Waals surface area contributed by atoms with E-state index in [1.807, 2.05) is 0 Å². The van der Waals surface area contributed by atoms with Gasteiger partial charge in [-0.25, -0.2) is 26.5 Å². The van der Waals surface area contributed by atoms with Gasteiger partial charge in [-0.1, -0.05) is 0 Å². The molecule has 12 heteroatoms. The maximum atomic E-state index is 14.1. The van der Waals surface area contributed by atoms with Crippen LogP contribution in [0, 0.1) is 0 Å². The molecule has 2 aromatic heterocycles. The van der Waals surface area contributed by atoms with Crippen LogP contribution >= 0.6 is 0 Å². The average Bonchev–Trinajstić information content (AvgIpc) is 3.21. The molecule has 0 radical (unpaired) electrons. The summed E-state index contributed by atoms with van der Waals surface area (Å²) >= 11 is 0. The predicted octanol–water partition coefficient (Wildman–Crippen LogP) is 2.04. The molecule has 3 heterocycles. The molecular weight excluding hydrogens is 444 g/mol. The van der Waals surface area contributed by atoms with Crippen LogP contribution in [0.5, 0.6) is 0 Å². The van der Waals surface area contributed by atoms with Crippen molar-refractivity contribution in [3.8, 4) is 0 Å². The van der Waals surface area contributed by atoms with E-state index in [1.165, 1.54) is 0 Å².